The highest BCUT2D eigenvalue weighted by Crippen LogP contribution is 2.35. The van der Waals surface area contributed by atoms with Crippen molar-refractivity contribution in [3.05, 3.63) is 29.8 Å². The third kappa shape index (κ3) is 3.22. The van der Waals surface area contributed by atoms with E-state index in [9.17, 15) is 4.79 Å². The third-order valence-electron chi connectivity index (χ3n) is 5.08. The largest absolute Gasteiger partial charge is 0.497 e. The van der Waals surface area contributed by atoms with E-state index in [0.717, 1.165) is 23.8 Å². The molecule has 114 valence electrons. The Morgan fingerprint density at radius 2 is 1.86 bits per heavy atom. The minimum atomic E-state index is 0.301. The van der Waals surface area contributed by atoms with Crippen LogP contribution in [0, 0.1) is 5.92 Å². The Hall–Kier alpha value is -1.51. The highest BCUT2D eigenvalue weighted by Gasteiger charge is 2.35. The van der Waals surface area contributed by atoms with Gasteiger partial charge in [-0.3, -0.25) is 4.79 Å². The highest BCUT2D eigenvalue weighted by molar-refractivity contribution is 5.79. The first-order chi connectivity index (χ1) is 10.3. The van der Waals surface area contributed by atoms with Crippen LogP contribution in [-0.4, -0.2) is 30.5 Å². The van der Waals surface area contributed by atoms with Crippen LogP contribution in [0.15, 0.2) is 24.3 Å². The summed E-state index contributed by atoms with van der Waals surface area (Å²) in [5.74, 6) is 1.90. The maximum Gasteiger partial charge on any atom is 0.227 e. The van der Waals surface area contributed by atoms with Gasteiger partial charge in [0.05, 0.1) is 13.5 Å². The lowest BCUT2D eigenvalue weighted by Crippen LogP contribution is -2.40. The summed E-state index contributed by atoms with van der Waals surface area (Å²) in [6.45, 7) is 0.955. The molecule has 1 aromatic carbocycles. The SMILES string of the molecule is COc1ccc(CC(=O)N2CCCC2C2CCCC2)cc1. The van der Waals surface area contributed by atoms with Crippen LogP contribution < -0.4 is 4.74 Å². The predicted molar refractivity (Wildman–Crippen MR) is 83.4 cm³/mol. The van der Waals surface area contributed by atoms with Gasteiger partial charge in [0, 0.05) is 12.6 Å². The maximum absolute atomic E-state index is 12.6. The molecule has 1 aliphatic heterocycles. The molecule has 0 bridgehead atoms. The van der Waals surface area contributed by atoms with Crippen molar-refractivity contribution in [2.45, 2.75) is 51.0 Å². The molecule has 2 fully saturated rings. The molecule has 1 atom stereocenters. The van der Waals surface area contributed by atoms with Gasteiger partial charge >= 0.3 is 0 Å². The first-order valence-electron chi connectivity index (χ1n) is 8.20. The molecule has 0 spiro atoms. The van der Waals surface area contributed by atoms with Crippen LogP contribution in [0.3, 0.4) is 0 Å². The summed E-state index contributed by atoms with van der Waals surface area (Å²) in [5.41, 5.74) is 1.08. The lowest BCUT2D eigenvalue weighted by Gasteiger charge is -2.29. The van der Waals surface area contributed by atoms with E-state index in [2.05, 4.69) is 4.90 Å². The molecule has 1 saturated heterocycles. The topological polar surface area (TPSA) is 29.5 Å². The van der Waals surface area contributed by atoms with Crippen molar-refractivity contribution in [3.63, 3.8) is 0 Å². The molecule has 1 heterocycles. The van der Waals surface area contributed by atoms with E-state index in [4.69, 9.17) is 4.74 Å². The number of benzene rings is 1. The van der Waals surface area contributed by atoms with Crippen molar-refractivity contribution in [3.8, 4) is 5.75 Å². The lowest BCUT2D eigenvalue weighted by atomic mass is 9.95. The van der Waals surface area contributed by atoms with E-state index in [1.165, 1.54) is 38.5 Å². The summed E-state index contributed by atoms with van der Waals surface area (Å²) >= 11 is 0. The molecule has 0 N–H and O–H groups in total. The van der Waals surface area contributed by atoms with Gasteiger partial charge < -0.3 is 9.64 Å². The average molecular weight is 287 g/mol. The van der Waals surface area contributed by atoms with E-state index < -0.39 is 0 Å². The smallest absolute Gasteiger partial charge is 0.227 e. The van der Waals surface area contributed by atoms with Gasteiger partial charge in [-0.25, -0.2) is 0 Å². The fourth-order valence-corrected chi connectivity index (χ4v) is 3.95. The molecule has 0 radical (unpaired) electrons. The van der Waals surface area contributed by atoms with Crippen LogP contribution >= 0.6 is 0 Å². The summed E-state index contributed by atoms with van der Waals surface area (Å²) in [7, 11) is 1.66. The van der Waals surface area contributed by atoms with Crippen LogP contribution in [0.25, 0.3) is 0 Å². The zero-order chi connectivity index (χ0) is 14.7. The number of carbonyl (C=O) groups is 1. The molecule has 1 aromatic rings. The molecule has 3 nitrogen and oxygen atoms in total. The molecule has 1 aliphatic carbocycles. The summed E-state index contributed by atoms with van der Waals surface area (Å²) in [5, 5.41) is 0. The normalized spacial score (nSPS) is 22.7. The van der Waals surface area contributed by atoms with E-state index in [1.807, 2.05) is 24.3 Å². The average Bonchev–Trinajstić information content (AvgIpc) is 3.18. The summed E-state index contributed by atoms with van der Waals surface area (Å²) < 4.78 is 5.16. The molecule has 1 amide bonds. The van der Waals surface area contributed by atoms with Gasteiger partial charge in [0.25, 0.3) is 0 Å². The van der Waals surface area contributed by atoms with E-state index in [1.54, 1.807) is 7.11 Å². The summed E-state index contributed by atoms with van der Waals surface area (Å²) in [4.78, 5) is 14.8. The second-order valence-electron chi connectivity index (χ2n) is 6.37. The standard InChI is InChI=1S/C18H25NO2/c1-21-16-10-8-14(9-11-16)13-18(20)19-12-4-7-17(19)15-5-2-3-6-15/h8-11,15,17H,2-7,12-13H2,1H3. The molecule has 21 heavy (non-hydrogen) atoms. The number of ether oxygens (including phenoxy) is 1. The van der Waals surface area contributed by atoms with Gasteiger partial charge in [0.1, 0.15) is 5.75 Å². The van der Waals surface area contributed by atoms with Crippen molar-refractivity contribution in [2.75, 3.05) is 13.7 Å². The second kappa shape index (κ2) is 6.50. The number of methoxy groups -OCH3 is 1. The minimum absolute atomic E-state index is 0.301. The maximum atomic E-state index is 12.6. The van der Waals surface area contributed by atoms with Crippen molar-refractivity contribution in [1.29, 1.82) is 0 Å². The molecule has 0 aromatic heterocycles. The van der Waals surface area contributed by atoms with Crippen LogP contribution in [0.2, 0.25) is 0 Å². The first kappa shape index (κ1) is 14.4. The fourth-order valence-electron chi connectivity index (χ4n) is 3.95. The Labute approximate surface area is 127 Å². The zero-order valence-electron chi connectivity index (χ0n) is 12.9. The lowest BCUT2D eigenvalue weighted by molar-refractivity contribution is -0.132. The number of likely N-dealkylation sites (tertiary alicyclic amines) is 1. The Balaban J connectivity index is 1.63. The fraction of sp³-hybridized carbons (Fsp3) is 0.611. The molecule has 1 saturated carbocycles. The van der Waals surface area contributed by atoms with E-state index in [0.29, 0.717) is 18.4 Å². The number of carbonyl (C=O) groups excluding carboxylic acids is 1. The Morgan fingerprint density at radius 3 is 2.52 bits per heavy atom. The molecular weight excluding hydrogens is 262 g/mol. The Bertz CT molecular complexity index is 476. The van der Waals surface area contributed by atoms with Crippen molar-refractivity contribution in [1.82, 2.24) is 4.90 Å². The zero-order valence-corrected chi connectivity index (χ0v) is 12.9. The first-order valence-corrected chi connectivity index (χ1v) is 8.20. The van der Waals surface area contributed by atoms with E-state index >= 15 is 0 Å². The molecule has 1 unspecified atom stereocenters. The van der Waals surface area contributed by atoms with E-state index in [-0.39, 0.29) is 0 Å². The third-order valence-corrected chi connectivity index (χ3v) is 5.08. The number of nitrogens with zero attached hydrogens (tertiary/aromatic N) is 1. The van der Waals surface area contributed by atoms with Crippen molar-refractivity contribution in [2.24, 2.45) is 5.92 Å². The van der Waals surface area contributed by atoms with Gasteiger partial charge in [0.15, 0.2) is 0 Å². The summed E-state index contributed by atoms with van der Waals surface area (Å²) in [6.07, 6.45) is 8.24. The van der Waals surface area contributed by atoms with Crippen LogP contribution in [0.4, 0.5) is 0 Å². The van der Waals surface area contributed by atoms with Gasteiger partial charge in [-0.2, -0.15) is 0 Å². The van der Waals surface area contributed by atoms with Gasteiger partial charge in [-0.15, -0.1) is 0 Å². The van der Waals surface area contributed by atoms with Crippen LogP contribution in [0.1, 0.15) is 44.1 Å². The predicted octanol–water partition coefficient (Wildman–Crippen LogP) is 3.42. The van der Waals surface area contributed by atoms with Gasteiger partial charge in [-0.1, -0.05) is 25.0 Å². The molecule has 2 aliphatic rings. The number of hydrogen-bond acceptors (Lipinski definition) is 2. The number of hydrogen-bond donors (Lipinski definition) is 0. The van der Waals surface area contributed by atoms with Crippen LogP contribution in [0.5, 0.6) is 5.75 Å². The van der Waals surface area contributed by atoms with Gasteiger partial charge in [0.2, 0.25) is 5.91 Å². The number of amides is 1. The van der Waals surface area contributed by atoms with Crippen molar-refractivity contribution >= 4 is 5.91 Å². The Morgan fingerprint density at radius 1 is 1.14 bits per heavy atom. The minimum Gasteiger partial charge on any atom is -0.497 e. The molecule has 3 rings (SSSR count). The molecular formula is C18H25NO2. The monoisotopic (exact) mass is 287 g/mol. The number of rotatable bonds is 4. The quantitative estimate of drug-likeness (QED) is 0.849. The van der Waals surface area contributed by atoms with Crippen molar-refractivity contribution < 1.29 is 9.53 Å². The van der Waals surface area contributed by atoms with Gasteiger partial charge in [-0.05, 0) is 49.3 Å². The van der Waals surface area contributed by atoms with Crippen LogP contribution in [-0.2, 0) is 11.2 Å². The second-order valence-corrected chi connectivity index (χ2v) is 6.37. The Kier molecular flexibility index (Phi) is 4.47. The molecule has 3 heteroatoms. The highest BCUT2D eigenvalue weighted by atomic mass is 16.5. The summed E-state index contributed by atoms with van der Waals surface area (Å²) in [6, 6.07) is 8.37.